The van der Waals surface area contributed by atoms with E-state index in [0.717, 1.165) is 31.9 Å². The Morgan fingerprint density at radius 2 is 2.35 bits per heavy atom. The molecule has 5 nitrogen and oxygen atoms in total. The summed E-state index contributed by atoms with van der Waals surface area (Å²) in [4.78, 5) is 17.0. The molecule has 1 atom stereocenters. The van der Waals surface area contributed by atoms with E-state index < -0.39 is 0 Å². The van der Waals surface area contributed by atoms with Gasteiger partial charge in [0.25, 0.3) is 5.91 Å². The number of ether oxygens (including phenoxy) is 1. The van der Waals surface area contributed by atoms with E-state index in [9.17, 15) is 4.79 Å². The van der Waals surface area contributed by atoms with Crippen LogP contribution in [-0.4, -0.2) is 41.6 Å². The van der Waals surface area contributed by atoms with Crippen molar-refractivity contribution in [2.45, 2.75) is 31.8 Å². The van der Waals surface area contributed by atoms with Crippen LogP contribution in [0.1, 0.15) is 41.7 Å². The summed E-state index contributed by atoms with van der Waals surface area (Å²) in [6.45, 7) is 2.28. The summed E-state index contributed by atoms with van der Waals surface area (Å²) in [7, 11) is 0. The number of nitriles is 1. The third-order valence-electron chi connectivity index (χ3n) is 3.98. The molecule has 1 aliphatic heterocycles. The van der Waals surface area contributed by atoms with Crippen LogP contribution in [0.5, 0.6) is 0 Å². The number of aromatic amines is 1. The van der Waals surface area contributed by atoms with E-state index in [1.165, 1.54) is 12.8 Å². The lowest BCUT2D eigenvalue weighted by Crippen LogP contribution is -2.43. The highest BCUT2D eigenvalue weighted by molar-refractivity contribution is 5.94. The van der Waals surface area contributed by atoms with Gasteiger partial charge in [-0.15, -0.1) is 0 Å². The fourth-order valence-electron chi connectivity index (χ4n) is 2.58. The van der Waals surface area contributed by atoms with Gasteiger partial charge in [0.2, 0.25) is 0 Å². The largest absolute Gasteiger partial charge is 0.376 e. The molecule has 2 fully saturated rings. The zero-order valence-electron chi connectivity index (χ0n) is 11.5. The van der Waals surface area contributed by atoms with Gasteiger partial charge in [0.1, 0.15) is 11.8 Å². The van der Waals surface area contributed by atoms with Crippen LogP contribution >= 0.6 is 0 Å². The number of likely N-dealkylation sites (tertiary alicyclic amines) is 1. The summed E-state index contributed by atoms with van der Waals surface area (Å²) >= 11 is 0. The molecule has 20 heavy (non-hydrogen) atoms. The van der Waals surface area contributed by atoms with Gasteiger partial charge < -0.3 is 14.6 Å². The van der Waals surface area contributed by atoms with Crippen molar-refractivity contribution in [2.24, 2.45) is 5.92 Å². The molecule has 0 bridgehead atoms. The van der Waals surface area contributed by atoms with Crippen molar-refractivity contribution in [3.8, 4) is 6.07 Å². The van der Waals surface area contributed by atoms with Crippen molar-refractivity contribution in [1.29, 1.82) is 5.26 Å². The zero-order valence-corrected chi connectivity index (χ0v) is 11.5. The van der Waals surface area contributed by atoms with Crippen molar-refractivity contribution < 1.29 is 9.53 Å². The van der Waals surface area contributed by atoms with Gasteiger partial charge in [-0.2, -0.15) is 5.26 Å². The number of piperidine rings is 1. The minimum Gasteiger partial charge on any atom is -0.376 e. The molecular formula is C15H19N3O2. The van der Waals surface area contributed by atoms with E-state index in [0.29, 0.717) is 17.8 Å². The quantitative estimate of drug-likeness (QED) is 0.911. The van der Waals surface area contributed by atoms with Crippen LogP contribution in [0.15, 0.2) is 12.3 Å². The first-order valence-corrected chi connectivity index (χ1v) is 7.25. The van der Waals surface area contributed by atoms with Crippen LogP contribution in [0.2, 0.25) is 0 Å². The predicted octanol–water partition coefficient (Wildman–Crippen LogP) is 1.92. The second-order valence-corrected chi connectivity index (χ2v) is 5.71. The molecule has 0 aromatic carbocycles. The predicted molar refractivity (Wildman–Crippen MR) is 73.1 cm³/mol. The average molecular weight is 273 g/mol. The number of H-pyrrole nitrogens is 1. The second kappa shape index (κ2) is 5.68. The van der Waals surface area contributed by atoms with Crippen LogP contribution in [0.25, 0.3) is 0 Å². The Morgan fingerprint density at radius 3 is 3.05 bits per heavy atom. The molecule has 1 saturated heterocycles. The monoisotopic (exact) mass is 273 g/mol. The molecule has 106 valence electrons. The summed E-state index contributed by atoms with van der Waals surface area (Å²) in [6.07, 6.45) is 6.37. The molecule has 0 spiro atoms. The summed E-state index contributed by atoms with van der Waals surface area (Å²) in [6, 6.07) is 3.61. The number of carbonyl (C=O) groups excluding carboxylic acids is 1. The number of rotatable bonds is 4. The number of nitrogens with zero attached hydrogens (tertiary/aromatic N) is 2. The summed E-state index contributed by atoms with van der Waals surface area (Å²) in [5, 5.41) is 8.79. The van der Waals surface area contributed by atoms with E-state index >= 15 is 0 Å². The van der Waals surface area contributed by atoms with Crippen LogP contribution in [0, 0.1) is 17.2 Å². The third-order valence-corrected chi connectivity index (χ3v) is 3.98. The topological polar surface area (TPSA) is 69.1 Å². The lowest BCUT2D eigenvalue weighted by molar-refractivity contribution is -0.00241. The van der Waals surface area contributed by atoms with Gasteiger partial charge in [-0.05, 0) is 37.7 Å². The molecule has 1 aromatic heterocycles. The normalized spacial score (nSPS) is 22.6. The molecule has 5 heteroatoms. The van der Waals surface area contributed by atoms with E-state index in [-0.39, 0.29) is 12.0 Å². The van der Waals surface area contributed by atoms with Crippen LogP contribution < -0.4 is 0 Å². The second-order valence-electron chi connectivity index (χ2n) is 5.71. The van der Waals surface area contributed by atoms with Gasteiger partial charge in [-0.1, -0.05) is 0 Å². The Balaban J connectivity index is 1.57. The minimum atomic E-state index is -0.0116. The Hall–Kier alpha value is -1.80. The first-order valence-electron chi connectivity index (χ1n) is 7.25. The fourth-order valence-corrected chi connectivity index (χ4v) is 2.58. The minimum absolute atomic E-state index is 0.0116. The smallest absolute Gasteiger partial charge is 0.255 e. The molecule has 2 heterocycles. The van der Waals surface area contributed by atoms with Gasteiger partial charge in [0.05, 0.1) is 11.7 Å². The maximum absolute atomic E-state index is 12.4. The molecule has 1 N–H and O–H groups in total. The van der Waals surface area contributed by atoms with Gasteiger partial charge in [0.15, 0.2) is 0 Å². The number of hydrogen-bond donors (Lipinski definition) is 1. The molecular weight excluding hydrogens is 254 g/mol. The molecule has 1 aliphatic carbocycles. The molecule has 1 aromatic rings. The zero-order chi connectivity index (χ0) is 13.9. The van der Waals surface area contributed by atoms with Crippen molar-refractivity contribution in [2.75, 3.05) is 19.7 Å². The summed E-state index contributed by atoms with van der Waals surface area (Å²) < 4.78 is 5.90. The van der Waals surface area contributed by atoms with Crippen molar-refractivity contribution >= 4 is 5.91 Å². The van der Waals surface area contributed by atoms with Gasteiger partial charge in [-0.25, -0.2) is 0 Å². The molecule has 1 unspecified atom stereocenters. The van der Waals surface area contributed by atoms with E-state index in [1.54, 1.807) is 12.3 Å². The highest BCUT2D eigenvalue weighted by Gasteiger charge is 2.28. The standard InChI is InChI=1S/C15H19N3O2/c16-7-13-6-12(8-17-13)15(19)18-5-1-2-14(9-18)20-10-11-3-4-11/h6,8,11,14,17H,1-5,9-10H2. The number of hydrogen-bond acceptors (Lipinski definition) is 3. The van der Waals surface area contributed by atoms with Gasteiger partial charge in [-0.3, -0.25) is 4.79 Å². The van der Waals surface area contributed by atoms with Crippen molar-refractivity contribution in [3.63, 3.8) is 0 Å². The van der Waals surface area contributed by atoms with Crippen LogP contribution in [0.3, 0.4) is 0 Å². The maximum Gasteiger partial charge on any atom is 0.255 e. The van der Waals surface area contributed by atoms with Gasteiger partial charge >= 0.3 is 0 Å². The van der Waals surface area contributed by atoms with Gasteiger partial charge in [0, 0.05) is 25.9 Å². The Morgan fingerprint density at radius 1 is 1.50 bits per heavy atom. The summed E-state index contributed by atoms with van der Waals surface area (Å²) in [5.74, 6) is 0.742. The molecule has 1 saturated carbocycles. The highest BCUT2D eigenvalue weighted by Crippen LogP contribution is 2.30. The molecule has 0 radical (unpaired) electrons. The highest BCUT2D eigenvalue weighted by atomic mass is 16.5. The molecule has 1 amide bonds. The lowest BCUT2D eigenvalue weighted by Gasteiger charge is -2.32. The van der Waals surface area contributed by atoms with Crippen LogP contribution in [0.4, 0.5) is 0 Å². The first-order chi connectivity index (χ1) is 9.76. The molecule has 2 aliphatic rings. The Bertz CT molecular complexity index is 527. The fraction of sp³-hybridized carbons (Fsp3) is 0.600. The first kappa shape index (κ1) is 13.2. The number of carbonyl (C=O) groups is 1. The van der Waals surface area contributed by atoms with Crippen molar-refractivity contribution in [1.82, 2.24) is 9.88 Å². The van der Waals surface area contributed by atoms with E-state index in [4.69, 9.17) is 10.00 Å². The average Bonchev–Trinajstić information content (AvgIpc) is 3.20. The molecule has 3 rings (SSSR count). The Labute approximate surface area is 118 Å². The van der Waals surface area contributed by atoms with Crippen molar-refractivity contribution in [3.05, 3.63) is 23.5 Å². The SMILES string of the molecule is N#Cc1cc(C(=O)N2CCCC(OCC3CC3)C2)c[nH]1. The maximum atomic E-state index is 12.4. The number of aromatic nitrogens is 1. The van der Waals surface area contributed by atoms with Crippen LogP contribution in [-0.2, 0) is 4.74 Å². The van der Waals surface area contributed by atoms with E-state index in [2.05, 4.69) is 4.98 Å². The number of nitrogens with one attached hydrogen (secondary N) is 1. The lowest BCUT2D eigenvalue weighted by atomic mass is 10.1. The number of amides is 1. The Kier molecular flexibility index (Phi) is 3.75. The van der Waals surface area contributed by atoms with E-state index in [1.807, 2.05) is 11.0 Å². The summed E-state index contributed by atoms with van der Waals surface area (Å²) in [5.41, 5.74) is 0.983. The third kappa shape index (κ3) is 3.02.